The lowest BCUT2D eigenvalue weighted by Crippen LogP contribution is -1.99. The zero-order valence-corrected chi connectivity index (χ0v) is 37.0. The van der Waals surface area contributed by atoms with Crippen LogP contribution in [-0.2, 0) is 0 Å². The molecular formula is C65H41N3. The summed E-state index contributed by atoms with van der Waals surface area (Å²) in [5, 5.41) is 12.2. The Bertz CT molecular complexity index is 4120. The maximum absolute atomic E-state index is 5.63. The van der Waals surface area contributed by atoms with Crippen LogP contribution in [0.25, 0.3) is 132 Å². The number of hydrogen-bond acceptors (Lipinski definition) is 1. The van der Waals surface area contributed by atoms with Gasteiger partial charge in [0.2, 0.25) is 0 Å². The molecule has 3 heteroatoms. The summed E-state index contributed by atoms with van der Waals surface area (Å²) in [5.41, 5.74) is 14.9. The predicted octanol–water partition coefficient (Wildman–Crippen LogP) is 17.4. The molecule has 3 nitrogen and oxygen atoms in total. The van der Waals surface area contributed by atoms with Gasteiger partial charge >= 0.3 is 0 Å². The molecule has 0 fully saturated rings. The Morgan fingerprint density at radius 3 is 1.25 bits per heavy atom. The number of rotatable bonds is 6. The molecule has 0 radical (unpaired) electrons. The molecule has 0 unspecified atom stereocenters. The Hall–Kier alpha value is -9.05. The maximum atomic E-state index is 5.63. The van der Waals surface area contributed by atoms with Crippen LogP contribution in [0.15, 0.2) is 249 Å². The van der Waals surface area contributed by atoms with Crippen molar-refractivity contribution in [3.05, 3.63) is 249 Å². The van der Waals surface area contributed by atoms with Crippen molar-refractivity contribution in [1.29, 1.82) is 0 Å². The van der Waals surface area contributed by atoms with Crippen LogP contribution < -0.4 is 0 Å². The minimum Gasteiger partial charge on any atom is -0.309 e. The summed E-state index contributed by atoms with van der Waals surface area (Å²) in [5.74, 6) is 0.902. The molecule has 0 N–H and O–H groups in total. The molecule has 0 saturated carbocycles. The first-order chi connectivity index (χ1) is 33.7. The van der Waals surface area contributed by atoms with Gasteiger partial charge in [0.25, 0.3) is 0 Å². The largest absolute Gasteiger partial charge is 0.309 e. The zero-order chi connectivity index (χ0) is 44.7. The fraction of sp³-hybridized carbons (Fsp3) is 0. The lowest BCUT2D eigenvalue weighted by Gasteiger charge is -2.15. The first-order valence-electron chi connectivity index (χ1n) is 23.4. The summed E-state index contributed by atoms with van der Waals surface area (Å²) >= 11 is 0. The number of hydrogen-bond donors (Lipinski definition) is 0. The standard InChI is InChI=1S/C65H41N3/c1-3-15-42(16-4-1)46-31-37-60-58(40-46)59-41-47(43-17-5-2-6-18-43)32-38-61(59)67(60)50-35-29-45(30-36-50)65-66-63-56-25-13-11-23-54(56)55-24-12-14-26-57(55)64(63)68(65)51-33-27-44(28-34-51)62-52-21-9-7-19-48(52)39-49-20-8-10-22-53(49)62/h1-41H. The smallest absolute Gasteiger partial charge is 0.145 e. The molecular weight excluding hydrogens is 823 g/mol. The highest BCUT2D eigenvalue weighted by Crippen LogP contribution is 2.42. The lowest BCUT2D eigenvalue weighted by molar-refractivity contribution is 1.10. The van der Waals surface area contributed by atoms with Crippen molar-refractivity contribution in [2.75, 3.05) is 0 Å². The average molecular weight is 864 g/mol. The van der Waals surface area contributed by atoms with Gasteiger partial charge in [0, 0.05) is 38.5 Å². The normalized spacial score (nSPS) is 11.8. The van der Waals surface area contributed by atoms with E-state index in [4.69, 9.17) is 4.98 Å². The van der Waals surface area contributed by atoms with Crippen LogP contribution in [0.4, 0.5) is 0 Å². The van der Waals surface area contributed by atoms with Gasteiger partial charge in [-0.15, -0.1) is 0 Å². The van der Waals surface area contributed by atoms with E-state index in [1.54, 1.807) is 0 Å². The van der Waals surface area contributed by atoms with Gasteiger partial charge in [0.1, 0.15) is 5.82 Å². The van der Waals surface area contributed by atoms with E-state index in [0.29, 0.717) is 0 Å². The quantitative estimate of drug-likeness (QED) is 0.121. The number of fused-ring (bicyclic) bond motifs is 11. The van der Waals surface area contributed by atoms with E-state index in [-0.39, 0.29) is 0 Å². The van der Waals surface area contributed by atoms with Crippen LogP contribution in [-0.4, -0.2) is 14.1 Å². The van der Waals surface area contributed by atoms with Crippen molar-refractivity contribution in [3.8, 4) is 56.1 Å². The Labute approximate surface area is 393 Å². The fourth-order valence-corrected chi connectivity index (χ4v) is 10.9. The maximum Gasteiger partial charge on any atom is 0.145 e. The van der Waals surface area contributed by atoms with E-state index in [1.165, 1.54) is 92.9 Å². The van der Waals surface area contributed by atoms with Crippen LogP contribution in [0.2, 0.25) is 0 Å². The van der Waals surface area contributed by atoms with Crippen molar-refractivity contribution in [3.63, 3.8) is 0 Å². The fourth-order valence-electron chi connectivity index (χ4n) is 10.9. The van der Waals surface area contributed by atoms with E-state index in [2.05, 4.69) is 258 Å². The summed E-state index contributed by atoms with van der Waals surface area (Å²) in [6, 6.07) is 90.6. The topological polar surface area (TPSA) is 22.8 Å². The second-order valence-corrected chi connectivity index (χ2v) is 17.9. The van der Waals surface area contributed by atoms with Crippen molar-refractivity contribution < 1.29 is 0 Å². The average Bonchev–Trinajstić information content (AvgIpc) is 3.98. The molecule has 0 aliphatic carbocycles. The monoisotopic (exact) mass is 863 g/mol. The highest BCUT2D eigenvalue weighted by Gasteiger charge is 2.22. The van der Waals surface area contributed by atoms with E-state index in [1.807, 2.05) is 0 Å². The molecule has 68 heavy (non-hydrogen) atoms. The SMILES string of the molecule is c1ccc(-c2ccc3c(c2)c2cc(-c4ccccc4)ccc2n3-c2ccc(-c3nc4c5ccccc5c5ccccc5c4n3-c3ccc(-c4c5ccccc5cc5ccccc45)cc3)cc2)cc1. The van der Waals surface area contributed by atoms with Gasteiger partial charge in [-0.1, -0.05) is 182 Å². The Kier molecular flexibility index (Phi) is 8.59. The van der Waals surface area contributed by atoms with E-state index in [9.17, 15) is 0 Å². The Balaban J connectivity index is 0.963. The van der Waals surface area contributed by atoms with Gasteiger partial charge in [-0.25, -0.2) is 4.98 Å². The molecule has 0 saturated heterocycles. The third-order valence-corrected chi connectivity index (χ3v) is 14.1. The first-order valence-corrected chi connectivity index (χ1v) is 23.4. The Morgan fingerprint density at radius 2 is 0.691 bits per heavy atom. The molecule has 14 rings (SSSR count). The third kappa shape index (κ3) is 5.96. The molecule has 0 amide bonds. The second kappa shape index (κ2) is 15.3. The van der Waals surface area contributed by atoms with Crippen LogP contribution in [0.3, 0.4) is 0 Å². The second-order valence-electron chi connectivity index (χ2n) is 17.9. The summed E-state index contributed by atoms with van der Waals surface area (Å²) in [6.07, 6.45) is 0. The van der Waals surface area contributed by atoms with Gasteiger partial charge in [-0.3, -0.25) is 4.57 Å². The van der Waals surface area contributed by atoms with Crippen LogP contribution in [0, 0.1) is 0 Å². The summed E-state index contributed by atoms with van der Waals surface area (Å²) in [7, 11) is 0. The van der Waals surface area contributed by atoms with Gasteiger partial charge in [-0.05, 0) is 132 Å². The highest BCUT2D eigenvalue weighted by atomic mass is 15.1. The number of imidazole rings is 1. The molecule has 0 spiro atoms. The van der Waals surface area contributed by atoms with Gasteiger partial charge in [-0.2, -0.15) is 0 Å². The summed E-state index contributed by atoms with van der Waals surface area (Å²) in [4.78, 5) is 5.63. The zero-order valence-electron chi connectivity index (χ0n) is 37.0. The predicted molar refractivity (Wildman–Crippen MR) is 287 cm³/mol. The van der Waals surface area contributed by atoms with Crippen molar-refractivity contribution in [1.82, 2.24) is 14.1 Å². The first kappa shape index (κ1) is 38.2. The molecule has 2 aromatic heterocycles. The molecule has 14 aromatic rings. The van der Waals surface area contributed by atoms with Gasteiger partial charge in [0.05, 0.1) is 22.1 Å². The molecule has 0 aliphatic heterocycles. The molecule has 12 aromatic carbocycles. The van der Waals surface area contributed by atoms with E-state index < -0.39 is 0 Å². The summed E-state index contributed by atoms with van der Waals surface area (Å²) < 4.78 is 4.80. The molecule has 0 atom stereocenters. The van der Waals surface area contributed by atoms with Gasteiger partial charge < -0.3 is 4.57 Å². The van der Waals surface area contributed by atoms with E-state index in [0.717, 1.165) is 39.2 Å². The Morgan fingerprint density at radius 1 is 0.265 bits per heavy atom. The van der Waals surface area contributed by atoms with Crippen LogP contribution >= 0.6 is 0 Å². The summed E-state index contributed by atoms with van der Waals surface area (Å²) in [6.45, 7) is 0. The molecule has 316 valence electrons. The number of nitrogens with zero attached hydrogens (tertiary/aromatic N) is 3. The number of aromatic nitrogens is 3. The highest BCUT2D eigenvalue weighted by molar-refractivity contribution is 6.24. The number of benzene rings is 12. The molecule has 2 heterocycles. The van der Waals surface area contributed by atoms with Crippen molar-refractivity contribution >= 4 is 75.9 Å². The van der Waals surface area contributed by atoms with Gasteiger partial charge in [0.15, 0.2) is 0 Å². The molecule has 0 bridgehead atoms. The van der Waals surface area contributed by atoms with Crippen LogP contribution in [0.1, 0.15) is 0 Å². The van der Waals surface area contributed by atoms with Crippen LogP contribution in [0.5, 0.6) is 0 Å². The minimum absolute atomic E-state index is 0.902. The minimum atomic E-state index is 0.902. The van der Waals surface area contributed by atoms with E-state index >= 15 is 0 Å². The van der Waals surface area contributed by atoms with Crippen molar-refractivity contribution in [2.24, 2.45) is 0 Å². The lowest BCUT2D eigenvalue weighted by atomic mass is 9.92. The third-order valence-electron chi connectivity index (χ3n) is 14.1. The van der Waals surface area contributed by atoms with Crippen molar-refractivity contribution in [2.45, 2.75) is 0 Å². The molecule has 0 aliphatic rings.